The molecule has 0 aromatic carbocycles. The molecule has 0 aromatic rings. The van der Waals surface area contributed by atoms with E-state index in [2.05, 4.69) is 0 Å². The lowest BCUT2D eigenvalue weighted by molar-refractivity contribution is -0.407. The maximum Gasteiger partial charge on any atom is 0.187 e. The van der Waals surface area contributed by atoms with Crippen LogP contribution in [0.25, 0.3) is 0 Å². The van der Waals surface area contributed by atoms with Gasteiger partial charge in [-0.05, 0) is 6.92 Å². The Labute approximate surface area is 682 Å². The fourth-order valence-corrected chi connectivity index (χ4v) is 15.4. The minimum absolute atomic E-state index is 0.985. The van der Waals surface area contributed by atoms with Gasteiger partial charge in [-0.3, -0.25) is 0 Å². The van der Waals surface area contributed by atoms with Crippen molar-refractivity contribution in [2.75, 3.05) is 66.1 Å². The first-order chi connectivity index (χ1) is 57.2. The maximum absolute atomic E-state index is 12.7. The number of aliphatic hydroxyl groups is 34. The van der Waals surface area contributed by atoms with Gasteiger partial charge in [-0.1, -0.05) is 0 Å². The molecule has 55 nitrogen and oxygen atoms in total. The molecule has 0 radical (unpaired) electrons. The number of rotatable bonds is 30. The first-order valence-corrected chi connectivity index (χ1v) is 38.6. The first-order valence-electron chi connectivity index (χ1n) is 38.6. The first kappa shape index (κ1) is 99.4. The summed E-state index contributed by atoms with van der Waals surface area (Å²) in [7, 11) is 0. The number of aliphatic hydroxyl groups excluding tert-OH is 34. The van der Waals surface area contributed by atoms with Crippen LogP contribution in [0.1, 0.15) is 6.92 Å². The number of ether oxygens (including phenoxy) is 21. The summed E-state index contributed by atoms with van der Waals surface area (Å²) in [4.78, 5) is 0. The third kappa shape index (κ3) is 21.1. The van der Waals surface area contributed by atoms with Gasteiger partial charge in [0.1, 0.15) is 262 Å². The number of hydrogen-bond donors (Lipinski definition) is 34. The molecule has 55 atom stereocenters. The van der Waals surface area contributed by atoms with Crippen molar-refractivity contribution < 1.29 is 273 Å². The fourth-order valence-electron chi connectivity index (χ4n) is 15.4. The molecule has 11 rings (SSSR count). The lowest BCUT2D eigenvalue weighted by Gasteiger charge is -2.51. The Kier molecular flexibility index (Phi) is 35.1. The van der Waals surface area contributed by atoms with Crippen molar-refractivity contribution in [2.24, 2.45) is 0 Å². The predicted molar refractivity (Wildman–Crippen MR) is 361 cm³/mol. The molecule has 0 spiro atoms. The zero-order valence-corrected chi connectivity index (χ0v) is 63.6. The van der Waals surface area contributed by atoms with Crippen molar-refractivity contribution in [3.63, 3.8) is 0 Å². The van der Waals surface area contributed by atoms with Gasteiger partial charge in [0.25, 0.3) is 0 Å². The van der Waals surface area contributed by atoms with E-state index < -0.39 is 404 Å². The summed E-state index contributed by atoms with van der Waals surface area (Å²) in [5, 5.41) is 377. The van der Waals surface area contributed by atoms with Gasteiger partial charge >= 0.3 is 0 Å². The van der Waals surface area contributed by atoms with Crippen LogP contribution in [0, 0.1) is 0 Å². The van der Waals surface area contributed by atoms with Crippen LogP contribution in [-0.2, 0) is 99.5 Å². The molecule has 0 bridgehead atoms. The van der Waals surface area contributed by atoms with Crippen molar-refractivity contribution in [3.05, 3.63) is 0 Å². The van der Waals surface area contributed by atoms with Crippen LogP contribution < -0.4 is 0 Å². The minimum Gasteiger partial charge on any atom is -0.394 e. The molecule has 34 N–H and O–H groups in total. The summed E-state index contributed by atoms with van der Waals surface area (Å²) in [6.45, 7) is -9.72. The SMILES string of the molecule is C[C@@H]1O[C@@H](O[C@H]2[C@H](O[C@H]3[C@@H](O)[C@@H](CO[C@@H]4O[C@H](CO)[C@H](O)[C@H](O)[C@H]4O)O[C@@H](O[C@H]4[C@@H](O)[C@@H](CO[C@@H]5O[C@H](CO)[C@H](O)[C@H](O)[C@H]5O)O[C@@H](O[C@H]5[C@@H](O)[C@@H](CO[C@@H]6O[C@H](CO)[C@H](O)[C@H](O)[C@H]6O)O[C@@H](O[C@H]6[C@@H](O)[C@@H](CO[C@@H]7O[C@H](CO)[C@H](O)[C@H](O)[C@H]7O)O[C@@H](O[C@@H]7[C@@H](O)[C@H](O)O[C@H](CO)[C@@H]7O)[C@@H]6O)[C@@H]5O)[C@@H]4O)[C@@H]3O)O[C@H](CO)[C@H](O)[C@@H]2O)[C@@H](O)[C@H](O)[C@@H]1O. The number of hydrogen-bond acceptors (Lipinski definition) is 55. The fraction of sp³-hybridized carbons (Fsp3) is 1.00. The van der Waals surface area contributed by atoms with Crippen LogP contribution in [0.3, 0.4) is 0 Å². The van der Waals surface area contributed by atoms with Crippen molar-refractivity contribution in [2.45, 2.75) is 345 Å². The van der Waals surface area contributed by atoms with E-state index >= 15 is 0 Å². The van der Waals surface area contributed by atoms with Crippen LogP contribution in [0.15, 0.2) is 0 Å². The highest BCUT2D eigenvalue weighted by atomic mass is 16.8. The van der Waals surface area contributed by atoms with Crippen LogP contribution in [0.5, 0.6) is 0 Å². The maximum atomic E-state index is 12.7. The monoisotopic (exact) mass is 1780 g/mol. The van der Waals surface area contributed by atoms with E-state index in [1.54, 1.807) is 0 Å². The zero-order valence-electron chi connectivity index (χ0n) is 63.6. The van der Waals surface area contributed by atoms with Gasteiger partial charge in [0.2, 0.25) is 0 Å². The highest BCUT2D eigenvalue weighted by Gasteiger charge is 2.62. The quantitative estimate of drug-likeness (QED) is 0.0318. The summed E-state index contributed by atoms with van der Waals surface area (Å²) in [5.41, 5.74) is 0. The average molecular weight is 1790 g/mol. The summed E-state index contributed by atoms with van der Waals surface area (Å²) in [5.74, 6) is 0. The molecular weight excluding hydrogens is 1670 g/mol. The van der Waals surface area contributed by atoms with E-state index in [4.69, 9.17) is 99.5 Å². The molecule has 0 aromatic heterocycles. The minimum atomic E-state index is -2.75. The Morgan fingerprint density at radius 3 is 0.645 bits per heavy atom. The topological polar surface area (TPSA) is 882 Å². The highest BCUT2D eigenvalue weighted by Crippen LogP contribution is 2.41. The molecule has 11 heterocycles. The van der Waals surface area contributed by atoms with Gasteiger partial charge in [-0.25, -0.2) is 0 Å². The van der Waals surface area contributed by atoms with Crippen molar-refractivity contribution in [3.8, 4) is 0 Å². The normalized spacial score (nSPS) is 54.1. The Morgan fingerprint density at radius 1 is 0.165 bits per heavy atom. The van der Waals surface area contributed by atoms with E-state index in [9.17, 15) is 174 Å². The molecule has 11 fully saturated rings. The van der Waals surface area contributed by atoms with Gasteiger partial charge in [-0.2, -0.15) is 0 Å². The van der Waals surface area contributed by atoms with Gasteiger partial charge in [0, 0.05) is 0 Å². The molecule has 0 saturated carbocycles. The molecular formula is C66H112O55. The second kappa shape index (κ2) is 42.8. The standard InChI is InChI=1S/C66H112O55/c1-12-23(73)34(84)44(94)61(105-12)121-55-39(89)28(78)17(6-71)111-66(55)120-54-33(83)22(11-104-60-43(93)38(88)27(77)16(5-70)110-60)115-65(49(54)99)119-53-32(82)21(10-103-59-42(92)37(87)26(76)15(4-69)109-59)114-64(48(53)98)118-52-31(81)20(9-102-58-41(91)36(86)25(75)14(3-68)108-58)113-63(47(52)97)117-51-30(80)19(8-101-57-40(90)35(85)24(74)13(2-67)107-57)112-62(46(51)96)116-50-29(79)18(7-72)106-56(100)45(50)95/h12-100H,2-11H2,1H3/t12-,13+,14+,15+,16+,17+,18+,19+,20+,21+,22+,23+,24-,25-,26-,27-,28-,29-,30-,31-,32-,33-,34+,35-,36-,37-,38-,39-,40+,41+,42+,43+,44-,45+,46+,47+,48+,49+,50-,51-,52-,53-,54-,55+,56+,57+,58+,59+,60+,61-,62-,63-,64-,65-,66-/m0/s1. The van der Waals surface area contributed by atoms with E-state index in [1.165, 1.54) is 6.92 Å². The highest BCUT2D eigenvalue weighted by molar-refractivity contribution is 5.04. The Morgan fingerprint density at radius 2 is 0.364 bits per heavy atom. The molecule has 11 aliphatic heterocycles. The molecule has 11 saturated heterocycles. The summed E-state index contributed by atoms with van der Waals surface area (Å²) in [6, 6.07) is 0. The molecule has 121 heavy (non-hydrogen) atoms. The van der Waals surface area contributed by atoms with E-state index in [1.807, 2.05) is 0 Å². The van der Waals surface area contributed by atoms with Crippen LogP contribution in [-0.4, -0.2) is 577 Å². The van der Waals surface area contributed by atoms with Gasteiger partial charge in [0.05, 0.1) is 72.2 Å². The lowest BCUT2D eigenvalue weighted by Crippen LogP contribution is -2.69. The molecule has 55 heteroatoms. The summed E-state index contributed by atoms with van der Waals surface area (Å²) >= 11 is 0. The van der Waals surface area contributed by atoms with Gasteiger partial charge < -0.3 is 273 Å². The predicted octanol–water partition coefficient (Wildman–Crippen LogP) is -24.0. The lowest BCUT2D eigenvalue weighted by atomic mass is 9.94. The third-order valence-electron chi connectivity index (χ3n) is 22.9. The molecule has 0 unspecified atom stereocenters. The zero-order chi connectivity index (χ0) is 88.7. The Balaban J connectivity index is 0.947. The van der Waals surface area contributed by atoms with E-state index in [-0.39, 0.29) is 0 Å². The molecule has 0 aliphatic carbocycles. The van der Waals surface area contributed by atoms with Crippen LogP contribution >= 0.6 is 0 Å². The van der Waals surface area contributed by atoms with Gasteiger partial charge in [-0.15, -0.1) is 0 Å². The van der Waals surface area contributed by atoms with E-state index in [0.29, 0.717) is 0 Å². The largest absolute Gasteiger partial charge is 0.394 e. The van der Waals surface area contributed by atoms with Crippen molar-refractivity contribution in [1.82, 2.24) is 0 Å². The third-order valence-corrected chi connectivity index (χ3v) is 22.9. The van der Waals surface area contributed by atoms with E-state index in [0.717, 1.165) is 0 Å². The van der Waals surface area contributed by atoms with Gasteiger partial charge in [0.15, 0.2) is 69.2 Å². The average Bonchev–Trinajstić information content (AvgIpc) is 0.766. The van der Waals surface area contributed by atoms with Crippen molar-refractivity contribution >= 4 is 0 Å². The smallest absolute Gasteiger partial charge is 0.187 e. The second-order valence-electron chi connectivity index (χ2n) is 30.9. The summed E-state index contributed by atoms with van der Waals surface area (Å²) < 4.78 is 121. The Bertz CT molecular complexity index is 3100. The van der Waals surface area contributed by atoms with Crippen LogP contribution in [0.2, 0.25) is 0 Å². The van der Waals surface area contributed by atoms with Crippen molar-refractivity contribution in [1.29, 1.82) is 0 Å². The molecule has 11 aliphatic rings. The molecule has 706 valence electrons. The Hall–Kier alpha value is -2.20. The van der Waals surface area contributed by atoms with Crippen LogP contribution in [0.4, 0.5) is 0 Å². The summed E-state index contributed by atoms with van der Waals surface area (Å²) in [6.07, 6.45) is -120. The second-order valence-corrected chi connectivity index (χ2v) is 30.9. The molecule has 0 amide bonds.